The molecule has 1 aromatic heterocycles. The predicted octanol–water partition coefficient (Wildman–Crippen LogP) is 0.568. The second-order valence-electron chi connectivity index (χ2n) is 5.73. The van der Waals surface area contributed by atoms with Gasteiger partial charge in [-0.1, -0.05) is 0 Å². The SMILES string of the molecule is CN1CCC(N2CCC(NC(=O)c3ccsn3)CC2)C1=O. The first-order chi connectivity index (χ1) is 10.1. The first-order valence-corrected chi connectivity index (χ1v) is 8.19. The lowest BCUT2D eigenvalue weighted by molar-refractivity contribution is -0.131. The number of rotatable bonds is 3. The van der Waals surface area contributed by atoms with Crippen molar-refractivity contribution in [2.24, 2.45) is 0 Å². The van der Waals surface area contributed by atoms with Gasteiger partial charge in [-0.3, -0.25) is 14.5 Å². The number of nitrogens with zero attached hydrogens (tertiary/aromatic N) is 3. The molecule has 3 rings (SSSR count). The molecule has 6 nitrogen and oxygen atoms in total. The van der Waals surface area contributed by atoms with E-state index >= 15 is 0 Å². The number of hydrogen-bond acceptors (Lipinski definition) is 5. The van der Waals surface area contributed by atoms with E-state index in [4.69, 9.17) is 0 Å². The van der Waals surface area contributed by atoms with E-state index in [-0.39, 0.29) is 23.9 Å². The summed E-state index contributed by atoms with van der Waals surface area (Å²) in [6, 6.07) is 1.97. The number of piperidine rings is 1. The largest absolute Gasteiger partial charge is 0.348 e. The third-order valence-electron chi connectivity index (χ3n) is 4.38. The fourth-order valence-electron chi connectivity index (χ4n) is 3.09. The molecule has 0 aromatic carbocycles. The monoisotopic (exact) mass is 308 g/mol. The van der Waals surface area contributed by atoms with Gasteiger partial charge in [0, 0.05) is 38.1 Å². The molecule has 114 valence electrons. The minimum Gasteiger partial charge on any atom is -0.348 e. The van der Waals surface area contributed by atoms with Crippen LogP contribution in [0, 0.1) is 0 Å². The normalized spacial score (nSPS) is 24.5. The van der Waals surface area contributed by atoms with Gasteiger partial charge in [0.1, 0.15) is 5.69 Å². The van der Waals surface area contributed by atoms with Crippen molar-refractivity contribution in [2.75, 3.05) is 26.7 Å². The molecule has 0 radical (unpaired) electrons. The Balaban J connectivity index is 1.49. The number of hydrogen-bond donors (Lipinski definition) is 1. The number of carbonyl (C=O) groups is 2. The fourth-order valence-corrected chi connectivity index (χ4v) is 3.60. The molecular formula is C14H20N4O2S. The van der Waals surface area contributed by atoms with Gasteiger partial charge in [-0.2, -0.15) is 4.37 Å². The fraction of sp³-hybridized carbons (Fsp3) is 0.643. The average Bonchev–Trinajstić information content (AvgIpc) is 3.12. The third kappa shape index (κ3) is 3.08. The van der Waals surface area contributed by atoms with Crippen molar-refractivity contribution in [3.05, 3.63) is 17.1 Å². The van der Waals surface area contributed by atoms with Gasteiger partial charge >= 0.3 is 0 Å². The Bertz CT molecular complexity index is 511. The summed E-state index contributed by atoms with van der Waals surface area (Å²) in [5.74, 6) is 0.145. The second-order valence-corrected chi connectivity index (χ2v) is 6.40. The quantitative estimate of drug-likeness (QED) is 0.886. The Morgan fingerprint density at radius 3 is 2.67 bits per heavy atom. The highest BCUT2D eigenvalue weighted by Gasteiger charge is 2.35. The van der Waals surface area contributed by atoms with E-state index in [1.807, 2.05) is 7.05 Å². The molecule has 1 aromatic rings. The maximum absolute atomic E-state index is 12.0. The number of amides is 2. The lowest BCUT2D eigenvalue weighted by atomic mass is 10.0. The first kappa shape index (κ1) is 14.5. The van der Waals surface area contributed by atoms with Crippen LogP contribution in [0.2, 0.25) is 0 Å². The standard InChI is InChI=1S/C14H20N4O2S/c1-17-6-4-12(14(17)20)18-7-2-10(3-8-18)15-13(19)11-5-9-21-16-11/h5,9-10,12H,2-4,6-8H2,1H3,(H,15,19). The van der Waals surface area contributed by atoms with Crippen molar-refractivity contribution in [3.8, 4) is 0 Å². The molecule has 3 heterocycles. The lowest BCUT2D eigenvalue weighted by Crippen LogP contribution is -2.50. The van der Waals surface area contributed by atoms with E-state index in [2.05, 4.69) is 14.6 Å². The zero-order valence-electron chi connectivity index (χ0n) is 12.1. The molecule has 2 fully saturated rings. The number of likely N-dealkylation sites (tertiary alicyclic amines) is 2. The summed E-state index contributed by atoms with van der Waals surface area (Å²) >= 11 is 1.29. The molecule has 7 heteroatoms. The summed E-state index contributed by atoms with van der Waals surface area (Å²) in [5, 5.41) is 4.84. The van der Waals surface area contributed by atoms with Crippen LogP contribution in [-0.4, -0.2) is 64.8 Å². The highest BCUT2D eigenvalue weighted by molar-refractivity contribution is 7.03. The average molecular weight is 308 g/mol. The third-order valence-corrected chi connectivity index (χ3v) is 4.94. The molecule has 21 heavy (non-hydrogen) atoms. The van der Waals surface area contributed by atoms with Crippen molar-refractivity contribution in [1.82, 2.24) is 19.5 Å². The van der Waals surface area contributed by atoms with Crippen LogP contribution in [0.1, 0.15) is 29.8 Å². The molecule has 1 unspecified atom stereocenters. The second kappa shape index (κ2) is 6.11. The number of carbonyl (C=O) groups excluding carboxylic acids is 2. The molecule has 0 saturated carbocycles. The molecule has 0 bridgehead atoms. The van der Waals surface area contributed by atoms with E-state index in [1.54, 1.807) is 16.3 Å². The van der Waals surface area contributed by atoms with Gasteiger partial charge < -0.3 is 10.2 Å². The van der Waals surface area contributed by atoms with E-state index in [0.29, 0.717) is 5.69 Å². The minimum absolute atomic E-state index is 0.0465. The molecule has 1 atom stereocenters. The Kier molecular flexibility index (Phi) is 4.21. The van der Waals surface area contributed by atoms with E-state index in [9.17, 15) is 9.59 Å². The Labute approximate surface area is 128 Å². The van der Waals surface area contributed by atoms with Gasteiger partial charge in [0.25, 0.3) is 5.91 Å². The van der Waals surface area contributed by atoms with Crippen LogP contribution in [0.5, 0.6) is 0 Å². The van der Waals surface area contributed by atoms with Crippen LogP contribution in [0.25, 0.3) is 0 Å². The smallest absolute Gasteiger partial charge is 0.271 e. The summed E-state index contributed by atoms with van der Waals surface area (Å²) in [6.45, 7) is 2.59. The zero-order valence-corrected chi connectivity index (χ0v) is 12.9. The molecule has 2 amide bonds. The molecular weight excluding hydrogens is 288 g/mol. The van der Waals surface area contributed by atoms with Crippen molar-refractivity contribution >= 4 is 23.3 Å². The number of aromatic nitrogens is 1. The van der Waals surface area contributed by atoms with Crippen LogP contribution in [0.3, 0.4) is 0 Å². The Morgan fingerprint density at radius 1 is 1.33 bits per heavy atom. The summed E-state index contributed by atoms with van der Waals surface area (Å²) < 4.78 is 4.05. The van der Waals surface area contributed by atoms with Crippen molar-refractivity contribution in [1.29, 1.82) is 0 Å². The van der Waals surface area contributed by atoms with Gasteiger partial charge in [-0.05, 0) is 36.9 Å². The van der Waals surface area contributed by atoms with E-state index < -0.39 is 0 Å². The zero-order chi connectivity index (χ0) is 14.8. The predicted molar refractivity (Wildman–Crippen MR) is 80.2 cm³/mol. The summed E-state index contributed by atoms with van der Waals surface area (Å²) in [6.07, 6.45) is 2.71. The van der Waals surface area contributed by atoms with Gasteiger partial charge in [-0.25, -0.2) is 0 Å². The molecule has 1 N–H and O–H groups in total. The van der Waals surface area contributed by atoms with Crippen molar-refractivity contribution in [2.45, 2.75) is 31.3 Å². The highest BCUT2D eigenvalue weighted by atomic mass is 32.1. The lowest BCUT2D eigenvalue weighted by Gasteiger charge is -2.35. The molecule has 0 spiro atoms. The molecule has 2 aliphatic rings. The highest BCUT2D eigenvalue weighted by Crippen LogP contribution is 2.20. The topological polar surface area (TPSA) is 65.5 Å². The number of nitrogens with one attached hydrogen (secondary N) is 1. The molecule has 2 saturated heterocycles. The van der Waals surface area contributed by atoms with Gasteiger partial charge in [-0.15, -0.1) is 0 Å². The Hall–Kier alpha value is -1.47. The van der Waals surface area contributed by atoms with Crippen molar-refractivity contribution in [3.63, 3.8) is 0 Å². The van der Waals surface area contributed by atoms with Crippen molar-refractivity contribution < 1.29 is 9.59 Å². The van der Waals surface area contributed by atoms with Crippen LogP contribution in [0.4, 0.5) is 0 Å². The minimum atomic E-state index is -0.0913. The van der Waals surface area contributed by atoms with E-state index in [0.717, 1.165) is 38.9 Å². The summed E-state index contributed by atoms with van der Waals surface area (Å²) in [5.41, 5.74) is 0.495. The van der Waals surface area contributed by atoms with E-state index in [1.165, 1.54) is 11.5 Å². The van der Waals surface area contributed by atoms with Crippen LogP contribution >= 0.6 is 11.5 Å². The van der Waals surface area contributed by atoms with Gasteiger partial charge in [0.2, 0.25) is 5.91 Å². The van der Waals surface area contributed by atoms with Gasteiger partial charge in [0.15, 0.2) is 0 Å². The summed E-state index contributed by atoms with van der Waals surface area (Å²) in [7, 11) is 1.86. The molecule has 2 aliphatic heterocycles. The maximum atomic E-state index is 12.0. The first-order valence-electron chi connectivity index (χ1n) is 7.35. The van der Waals surface area contributed by atoms with Gasteiger partial charge in [0.05, 0.1) is 6.04 Å². The molecule has 0 aliphatic carbocycles. The summed E-state index contributed by atoms with van der Waals surface area (Å²) in [4.78, 5) is 28.1. The maximum Gasteiger partial charge on any atom is 0.271 e. The Morgan fingerprint density at radius 2 is 2.10 bits per heavy atom. The van der Waals surface area contributed by atoms with Crippen LogP contribution in [-0.2, 0) is 4.79 Å². The number of likely N-dealkylation sites (N-methyl/N-ethyl adjacent to an activating group) is 1. The van der Waals surface area contributed by atoms with Crippen LogP contribution in [0.15, 0.2) is 11.4 Å². The van der Waals surface area contributed by atoms with Crippen LogP contribution < -0.4 is 5.32 Å².